The lowest BCUT2D eigenvalue weighted by Crippen LogP contribution is -2.43. The molecule has 0 aliphatic carbocycles. The van der Waals surface area contributed by atoms with E-state index in [1.165, 1.54) is 5.56 Å². The van der Waals surface area contributed by atoms with E-state index >= 15 is 0 Å². The molecule has 156 valence electrons. The van der Waals surface area contributed by atoms with Crippen LogP contribution in [0.5, 0.6) is 11.5 Å². The molecule has 0 fully saturated rings. The van der Waals surface area contributed by atoms with E-state index < -0.39 is 0 Å². The van der Waals surface area contributed by atoms with Crippen LogP contribution in [-0.2, 0) is 12.0 Å². The minimum atomic E-state index is -0.105. The molecule has 1 aromatic carbocycles. The molecule has 0 radical (unpaired) electrons. The zero-order chi connectivity index (χ0) is 19.7. The average molecular weight is 501 g/mol. The van der Waals surface area contributed by atoms with Crippen LogP contribution in [0, 0.1) is 0 Å². The molecule has 0 atom stereocenters. The van der Waals surface area contributed by atoms with Gasteiger partial charge in [0.05, 0.1) is 14.2 Å². The molecule has 0 bridgehead atoms. The van der Waals surface area contributed by atoms with Crippen molar-refractivity contribution in [2.75, 3.05) is 34.4 Å². The van der Waals surface area contributed by atoms with Crippen LogP contribution in [-0.4, -0.2) is 50.1 Å². The molecule has 0 saturated heterocycles. The van der Waals surface area contributed by atoms with Crippen molar-refractivity contribution in [2.45, 2.75) is 32.2 Å². The summed E-state index contributed by atoms with van der Waals surface area (Å²) in [6, 6.07) is 7.98. The van der Waals surface area contributed by atoms with Crippen molar-refractivity contribution in [3.8, 4) is 11.5 Å². The summed E-state index contributed by atoms with van der Waals surface area (Å²) in [5, 5.41) is 11.0. The molecule has 8 heteroatoms. The Morgan fingerprint density at radius 3 is 2.54 bits per heavy atom. The molecule has 2 N–H and O–H groups in total. The number of benzene rings is 1. The predicted octanol–water partition coefficient (Wildman–Crippen LogP) is 3.05. The molecule has 0 saturated carbocycles. The van der Waals surface area contributed by atoms with E-state index in [1.807, 2.05) is 29.1 Å². The lowest BCUT2D eigenvalue weighted by atomic mass is 9.84. The Bertz CT molecular complexity index is 732. The zero-order valence-electron chi connectivity index (χ0n) is 17.4. The van der Waals surface area contributed by atoms with Gasteiger partial charge in [0.25, 0.3) is 0 Å². The van der Waals surface area contributed by atoms with Gasteiger partial charge >= 0.3 is 0 Å². The number of hydrogen-bond donors (Lipinski definition) is 2. The molecular weight excluding hydrogens is 469 g/mol. The largest absolute Gasteiger partial charge is 0.493 e. The molecular formula is C20H32IN5O2. The molecule has 1 aromatic heterocycles. The summed E-state index contributed by atoms with van der Waals surface area (Å²) >= 11 is 0. The van der Waals surface area contributed by atoms with Crippen LogP contribution in [0.2, 0.25) is 0 Å². The van der Waals surface area contributed by atoms with Gasteiger partial charge < -0.3 is 20.1 Å². The number of ether oxygens (including phenoxy) is 2. The van der Waals surface area contributed by atoms with E-state index in [0.29, 0.717) is 0 Å². The second-order valence-electron chi connectivity index (χ2n) is 6.93. The summed E-state index contributed by atoms with van der Waals surface area (Å²) < 4.78 is 12.7. The van der Waals surface area contributed by atoms with Crippen LogP contribution in [0.25, 0.3) is 0 Å². The fourth-order valence-corrected chi connectivity index (χ4v) is 2.77. The number of rotatable bonds is 9. The quantitative estimate of drug-likeness (QED) is 0.239. The highest BCUT2D eigenvalue weighted by Gasteiger charge is 2.22. The zero-order valence-corrected chi connectivity index (χ0v) is 19.7. The first-order valence-corrected chi connectivity index (χ1v) is 9.14. The van der Waals surface area contributed by atoms with Crippen molar-refractivity contribution in [3.05, 3.63) is 42.2 Å². The first-order chi connectivity index (χ1) is 13.0. The second-order valence-corrected chi connectivity index (χ2v) is 6.93. The van der Waals surface area contributed by atoms with Crippen LogP contribution in [0.3, 0.4) is 0 Å². The van der Waals surface area contributed by atoms with Crippen LogP contribution in [0.4, 0.5) is 0 Å². The molecule has 0 unspecified atom stereocenters. The summed E-state index contributed by atoms with van der Waals surface area (Å²) in [7, 11) is 5.08. The smallest absolute Gasteiger partial charge is 0.191 e. The Morgan fingerprint density at radius 2 is 1.93 bits per heavy atom. The van der Waals surface area contributed by atoms with Gasteiger partial charge in [-0.05, 0) is 30.2 Å². The fourth-order valence-electron chi connectivity index (χ4n) is 2.77. The van der Waals surface area contributed by atoms with Gasteiger partial charge in [-0.3, -0.25) is 9.67 Å². The highest BCUT2D eigenvalue weighted by molar-refractivity contribution is 14.0. The van der Waals surface area contributed by atoms with Gasteiger partial charge in [-0.1, -0.05) is 19.9 Å². The van der Waals surface area contributed by atoms with Gasteiger partial charge in [-0.2, -0.15) is 5.10 Å². The van der Waals surface area contributed by atoms with Crippen molar-refractivity contribution in [1.29, 1.82) is 0 Å². The topological polar surface area (TPSA) is 72.7 Å². The third-order valence-electron chi connectivity index (χ3n) is 4.50. The number of aliphatic imine (C=N–C) groups is 1. The Kier molecular flexibility index (Phi) is 10.1. The second kappa shape index (κ2) is 11.8. The molecule has 2 aromatic rings. The van der Waals surface area contributed by atoms with Crippen molar-refractivity contribution in [2.24, 2.45) is 4.99 Å². The lowest BCUT2D eigenvalue weighted by Gasteiger charge is -2.27. The molecule has 28 heavy (non-hydrogen) atoms. The first kappa shape index (κ1) is 24.1. The third kappa shape index (κ3) is 6.88. The number of aryl methyl sites for hydroxylation is 1. The van der Waals surface area contributed by atoms with Crippen LogP contribution >= 0.6 is 24.0 Å². The van der Waals surface area contributed by atoms with Gasteiger partial charge in [-0.15, -0.1) is 24.0 Å². The van der Waals surface area contributed by atoms with Gasteiger partial charge in [0.15, 0.2) is 17.5 Å². The third-order valence-corrected chi connectivity index (χ3v) is 4.50. The summed E-state index contributed by atoms with van der Waals surface area (Å²) in [5.74, 6) is 2.27. The normalized spacial score (nSPS) is 11.5. The summed E-state index contributed by atoms with van der Waals surface area (Å²) in [6.07, 6.45) is 4.74. The molecule has 0 amide bonds. The predicted molar refractivity (Wildman–Crippen MR) is 124 cm³/mol. The van der Waals surface area contributed by atoms with E-state index in [0.717, 1.165) is 43.5 Å². The number of nitrogens with one attached hydrogen (secondary N) is 2. The Morgan fingerprint density at radius 1 is 1.18 bits per heavy atom. The molecule has 1 heterocycles. The SMILES string of the molecule is CN=C(NCCCn1cccn1)NCC(C)(C)c1ccc(OC)c(OC)c1.I. The minimum absolute atomic E-state index is 0. The maximum Gasteiger partial charge on any atom is 0.191 e. The summed E-state index contributed by atoms with van der Waals surface area (Å²) in [4.78, 5) is 4.31. The van der Waals surface area contributed by atoms with Gasteiger partial charge in [0.2, 0.25) is 0 Å². The van der Waals surface area contributed by atoms with Crippen LogP contribution in [0.1, 0.15) is 25.8 Å². The van der Waals surface area contributed by atoms with E-state index in [2.05, 4.69) is 40.6 Å². The summed E-state index contributed by atoms with van der Waals surface area (Å²) in [5.41, 5.74) is 1.06. The van der Waals surface area contributed by atoms with Crippen molar-refractivity contribution >= 4 is 29.9 Å². The Balaban J connectivity index is 0.00000392. The standard InChI is InChI=1S/C20H31N5O2.HI/c1-20(2,16-8-9-17(26-4)18(14-16)27-5)15-23-19(21-3)22-10-6-12-25-13-7-11-24-25;/h7-9,11,13-14H,6,10,12,15H2,1-5H3,(H2,21,22,23);1H. The van der Waals surface area contributed by atoms with E-state index in [-0.39, 0.29) is 29.4 Å². The number of aromatic nitrogens is 2. The monoisotopic (exact) mass is 501 g/mol. The van der Waals surface area contributed by atoms with Crippen molar-refractivity contribution < 1.29 is 9.47 Å². The lowest BCUT2D eigenvalue weighted by molar-refractivity contribution is 0.353. The minimum Gasteiger partial charge on any atom is -0.493 e. The van der Waals surface area contributed by atoms with Gasteiger partial charge in [0, 0.05) is 44.5 Å². The van der Waals surface area contributed by atoms with E-state index in [9.17, 15) is 0 Å². The highest BCUT2D eigenvalue weighted by Crippen LogP contribution is 2.32. The number of methoxy groups -OCH3 is 2. The average Bonchev–Trinajstić information content (AvgIpc) is 3.20. The Hall–Kier alpha value is -1.97. The number of hydrogen-bond acceptors (Lipinski definition) is 4. The van der Waals surface area contributed by atoms with Gasteiger partial charge in [-0.25, -0.2) is 0 Å². The van der Waals surface area contributed by atoms with Crippen molar-refractivity contribution in [3.63, 3.8) is 0 Å². The first-order valence-electron chi connectivity index (χ1n) is 9.14. The molecule has 0 spiro atoms. The molecule has 0 aliphatic rings. The molecule has 2 rings (SSSR count). The van der Waals surface area contributed by atoms with Crippen molar-refractivity contribution in [1.82, 2.24) is 20.4 Å². The maximum atomic E-state index is 5.43. The number of guanidine groups is 1. The highest BCUT2D eigenvalue weighted by atomic mass is 127. The van der Waals surface area contributed by atoms with Crippen LogP contribution < -0.4 is 20.1 Å². The van der Waals surface area contributed by atoms with Gasteiger partial charge in [0.1, 0.15) is 0 Å². The maximum absolute atomic E-state index is 5.43. The Labute approximate surface area is 184 Å². The van der Waals surface area contributed by atoms with E-state index in [4.69, 9.17) is 9.47 Å². The van der Waals surface area contributed by atoms with Crippen LogP contribution in [0.15, 0.2) is 41.7 Å². The number of nitrogens with zero attached hydrogens (tertiary/aromatic N) is 3. The summed E-state index contributed by atoms with van der Waals surface area (Å²) in [6.45, 7) is 6.82. The molecule has 0 aliphatic heterocycles. The fraction of sp³-hybridized carbons (Fsp3) is 0.500. The van der Waals surface area contributed by atoms with E-state index in [1.54, 1.807) is 27.5 Å². The number of halogens is 1. The molecule has 7 nitrogen and oxygen atoms in total.